The molecule has 180 valence electrons. The maximum Gasteiger partial charge on any atom is 0.319 e. The van der Waals surface area contributed by atoms with Crippen molar-refractivity contribution in [3.63, 3.8) is 0 Å². The van der Waals surface area contributed by atoms with E-state index in [0.29, 0.717) is 22.2 Å². The summed E-state index contributed by atoms with van der Waals surface area (Å²) in [5.74, 6) is -0.432. The fourth-order valence-electron chi connectivity index (χ4n) is 5.33. The Morgan fingerprint density at radius 1 is 0.912 bits per heavy atom. The fraction of sp³-hybridized carbons (Fsp3) is 0.444. The van der Waals surface area contributed by atoms with E-state index in [-0.39, 0.29) is 35.7 Å². The van der Waals surface area contributed by atoms with Crippen molar-refractivity contribution in [1.82, 2.24) is 5.32 Å². The summed E-state index contributed by atoms with van der Waals surface area (Å²) < 4.78 is 4.89. The topological polar surface area (TPSA) is 84.5 Å². The van der Waals surface area contributed by atoms with E-state index < -0.39 is 0 Å². The van der Waals surface area contributed by atoms with Gasteiger partial charge in [0.2, 0.25) is 0 Å². The molecule has 0 heterocycles. The molecular formula is C27H31ClN2O4. The summed E-state index contributed by atoms with van der Waals surface area (Å²) in [6.07, 6.45) is 6.08. The third-order valence-corrected chi connectivity index (χ3v) is 7.40. The molecule has 2 N–H and O–H groups in total. The molecule has 2 saturated carbocycles. The lowest BCUT2D eigenvalue weighted by Crippen LogP contribution is -2.39. The Balaban J connectivity index is 1.28. The minimum Gasteiger partial charge on any atom is -0.469 e. The largest absolute Gasteiger partial charge is 0.469 e. The van der Waals surface area contributed by atoms with Crippen LogP contribution in [-0.2, 0) is 9.53 Å². The van der Waals surface area contributed by atoms with E-state index in [9.17, 15) is 14.4 Å². The summed E-state index contributed by atoms with van der Waals surface area (Å²) in [7, 11) is 1.38. The number of hydrogen-bond donors (Lipinski definition) is 2. The standard InChI is InChI=1S/C27H31ClN2O4/c1-34-26(32)24-7-3-6-23(24)25(31)19-10-8-17(9-11-19)18-12-14-21(15-13-18)29-27(33)30-22-5-2-4-20(28)16-22/h2,4-5,8-11,16,18,21,23-24H,3,6-7,12-15H2,1H3,(H2,29,30,33)/t18?,21?,23-,24+/m0/s1. The Kier molecular flexibility index (Phi) is 7.88. The van der Waals surface area contributed by atoms with Crippen molar-refractivity contribution >= 4 is 35.1 Å². The number of carbonyl (C=O) groups excluding carboxylic acids is 3. The molecule has 4 rings (SSSR count). The van der Waals surface area contributed by atoms with Crippen LogP contribution in [0, 0.1) is 11.8 Å². The highest BCUT2D eigenvalue weighted by Crippen LogP contribution is 2.36. The van der Waals surface area contributed by atoms with Crippen LogP contribution in [-0.4, -0.2) is 30.9 Å². The van der Waals surface area contributed by atoms with Crippen molar-refractivity contribution in [2.24, 2.45) is 11.8 Å². The summed E-state index contributed by atoms with van der Waals surface area (Å²) in [6.45, 7) is 0. The second-order valence-electron chi connectivity index (χ2n) is 9.31. The molecule has 0 saturated heterocycles. The van der Waals surface area contributed by atoms with Gasteiger partial charge in [0.05, 0.1) is 13.0 Å². The number of esters is 1. The molecule has 2 aliphatic rings. The molecule has 7 heteroatoms. The van der Waals surface area contributed by atoms with E-state index in [1.54, 1.807) is 24.3 Å². The maximum atomic E-state index is 13.0. The lowest BCUT2D eigenvalue weighted by Gasteiger charge is -2.29. The molecule has 2 amide bonds. The van der Waals surface area contributed by atoms with Crippen LogP contribution in [0.15, 0.2) is 48.5 Å². The summed E-state index contributed by atoms with van der Waals surface area (Å²) in [5.41, 5.74) is 2.55. The first kappa shape index (κ1) is 24.3. The molecule has 2 aliphatic carbocycles. The molecule has 6 nitrogen and oxygen atoms in total. The third-order valence-electron chi connectivity index (χ3n) is 7.17. The van der Waals surface area contributed by atoms with Crippen LogP contribution >= 0.6 is 11.6 Å². The van der Waals surface area contributed by atoms with Crippen LogP contribution in [0.2, 0.25) is 5.02 Å². The molecular weight excluding hydrogens is 452 g/mol. The van der Waals surface area contributed by atoms with E-state index in [2.05, 4.69) is 10.6 Å². The van der Waals surface area contributed by atoms with Crippen LogP contribution in [0.1, 0.15) is 66.8 Å². The molecule has 0 spiro atoms. The number of urea groups is 1. The van der Waals surface area contributed by atoms with Gasteiger partial charge in [0.15, 0.2) is 5.78 Å². The Morgan fingerprint density at radius 2 is 1.62 bits per heavy atom. The number of nitrogens with one attached hydrogen (secondary N) is 2. The van der Waals surface area contributed by atoms with Gasteiger partial charge in [-0.3, -0.25) is 9.59 Å². The van der Waals surface area contributed by atoms with Gasteiger partial charge in [-0.2, -0.15) is 0 Å². The SMILES string of the molecule is COC(=O)[C@@H]1CCC[C@@H]1C(=O)c1ccc(C2CCC(NC(=O)Nc3cccc(Cl)c3)CC2)cc1. The lowest BCUT2D eigenvalue weighted by atomic mass is 9.81. The predicted molar refractivity (Wildman–Crippen MR) is 132 cm³/mol. The molecule has 0 aliphatic heterocycles. The molecule has 34 heavy (non-hydrogen) atoms. The number of amides is 2. The maximum absolute atomic E-state index is 13.0. The van der Waals surface area contributed by atoms with E-state index in [0.717, 1.165) is 44.9 Å². The first-order valence-electron chi connectivity index (χ1n) is 12.0. The number of carbonyl (C=O) groups is 3. The van der Waals surface area contributed by atoms with Crippen LogP contribution in [0.25, 0.3) is 0 Å². The van der Waals surface area contributed by atoms with Crippen molar-refractivity contribution in [2.45, 2.75) is 56.9 Å². The molecule has 0 radical (unpaired) electrons. The van der Waals surface area contributed by atoms with Gasteiger partial charge >= 0.3 is 12.0 Å². The average Bonchev–Trinajstić information content (AvgIpc) is 3.34. The number of halogens is 1. The first-order chi connectivity index (χ1) is 16.4. The number of ketones is 1. The van der Waals surface area contributed by atoms with Crippen LogP contribution in [0.4, 0.5) is 10.5 Å². The Morgan fingerprint density at radius 3 is 2.29 bits per heavy atom. The highest BCUT2D eigenvalue weighted by atomic mass is 35.5. The highest BCUT2D eigenvalue weighted by molar-refractivity contribution is 6.30. The zero-order chi connectivity index (χ0) is 24.1. The first-order valence-corrected chi connectivity index (χ1v) is 12.4. The number of methoxy groups -OCH3 is 1. The normalized spacial score (nSPS) is 24.3. The molecule has 0 unspecified atom stereocenters. The molecule has 2 aromatic rings. The van der Waals surface area contributed by atoms with Crippen molar-refractivity contribution in [3.8, 4) is 0 Å². The van der Waals surface area contributed by atoms with Crippen molar-refractivity contribution in [1.29, 1.82) is 0 Å². The van der Waals surface area contributed by atoms with Gasteiger partial charge in [0, 0.05) is 28.2 Å². The number of anilines is 1. The van der Waals surface area contributed by atoms with Crippen LogP contribution in [0.3, 0.4) is 0 Å². The van der Waals surface area contributed by atoms with E-state index in [1.807, 2.05) is 24.3 Å². The van der Waals surface area contributed by atoms with Crippen molar-refractivity contribution < 1.29 is 19.1 Å². The Bertz CT molecular complexity index is 1030. The van der Waals surface area contributed by atoms with E-state index in [1.165, 1.54) is 12.7 Å². The van der Waals surface area contributed by atoms with Crippen LogP contribution in [0.5, 0.6) is 0 Å². The molecule has 2 aromatic carbocycles. The second-order valence-corrected chi connectivity index (χ2v) is 9.75. The smallest absolute Gasteiger partial charge is 0.319 e. The minimum absolute atomic E-state index is 0.0399. The van der Waals surface area contributed by atoms with Gasteiger partial charge in [-0.25, -0.2) is 4.79 Å². The summed E-state index contributed by atoms with van der Waals surface area (Å²) in [6, 6.07) is 14.9. The quantitative estimate of drug-likeness (QED) is 0.393. The summed E-state index contributed by atoms with van der Waals surface area (Å²) in [5, 5.41) is 6.47. The average molecular weight is 483 g/mol. The van der Waals surface area contributed by atoms with Crippen molar-refractivity contribution in [3.05, 3.63) is 64.7 Å². The van der Waals surface area contributed by atoms with Gasteiger partial charge in [-0.15, -0.1) is 0 Å². The molecule has 0 bridgehead atoms. The van der Waals surface area contributed by atoms with Crippen LogP contribution < -0.4 is 10.6 Å². The van der Waals surface area contributed by atoms with Gasteiger partial charge in [0.1, 0.15) is 0 Å². The summed E-state index contributed by atoms with van der Waals surface area (Å²) in [4.78, 5) is 37.3. The monoisotopic (exact) mass is 482 g/mol. The van der Waals surface area contributed by atoms with Crippen molar-refractivity contribution in [2.75, 3.05) is 12.4 Å². The zero-order valence-electron chi connectivity index (χ0n) is 19.4. The zero-order valence-corrected chi connectivity index (χ0v) is 20.1. The minimum atomic E-state index is -0.323. The number of Topliss-reactive ketones (excluding diaryl/α,β-unsaturated/α-hetero) is 1. The lowest BCUT2D eigenvalue weighted by molar-refractivity contribution is -0.146. The number of rotatable bonds is 6. The number of hydrogen-bond acceptors (Lipinski definition) is 4. The fourth-order valence-corrected chi connectivity index (χ4v) is 5.52. The van der Waals surface area contributed by atoms with E-state index in [4.69, 9.17) is 16.3 Å². The van der Waals surface area contributed by atoms with E-state index >= 15 is 0 Å². The third kappa shape index (κ3) is 5.79. The molecule has 2 atom stereocenters. The highest BCUT2D eigenvalue weighted by Gasteiger charge is 2.38. The Labute approximate surface area is 205 Å². The molecule has 0 aromatic heterocycles. The van der Waals surface area contributed by atoms with Gasteiger partial charge in [-0.1, -0.05) is 48.4 Å². The molecule has 2 fully saturated rings. The number of ether oxygens (including phenoxy) is 1. The van der Waals surface area contributed by atoms with Gasteiger partial charge in [-0.05, 0) is 68.2 Å². The van der Waals surface area contributed by atoms with Gasteiger partial charge < -0.3 is 15.4 Å². The summed E-state index contributed by atoms with van der Waals surface area (Å²) >= 11 is 5.97. The van der Waals surface area contributed by atoms with Gasteiger partial charge in [0.25, 0.3) is 0 Å². The number of benzene rings is 2. The second kappa shape index (κ2) is 11.0. The predicted octanol–water partition coefficient (Wildman–Crippen LogP) is 5.96. The Hall–Kier alpha value is -2.86.